The van der Waals surface area contributed by atoms with Crippen LogP contribution in [-0.2, 0) is 4.79 Å². The zero-order valence-corrected chi connectivity index (χ0v) is 18.2. The van der Waals surface area contributed by atoms with Crippen LogP contribution in [0, 0.1) is 25.7 Å². The highest BCUT2D eigenvalue weighted by Gasteiger charge is 2.41. The number of aryl methyl sites for hydroxylation is 2. The predicted octanol–water partition coefficient (Wildman–Crippen LogP) is 3.45. The van der Waals surface area contributed by atoms with E-state index in [1.165, 1.54) is 11.3 Å². The van der Waals surface area contributed by atoms with Gasteiger partial charge in [0.05, 0.1) is 5.01 Å². The number of amides is 2. The zero-order valence-electron chi connectivity index (χ0n) is 16.7. The smallest absolute Gasteiger partial charge is 0.273 e. The molecule has 2 aliphatic rings. The molecule has 1 aromatic carbocycles. The van der Waals surface area contributed by atoms with E-state index in [0.717, 1.165) is 49.0 Å². The number of benzene rings is 1. The quantitative estimate of drug-likeness (QED) is 0.785. The number of halogens is 1. The molecule has 2 atom stereocenters. The molecule has 2 aliphatic heterocycles. The van der Waals surface area contributed by atoms with Gasteiger partial charge in [0.2, 0.25) is 5.91 Å². The lowest BCUT2D eigenvalue weighted by molar-refractivity contribution is -0.116. The van der Waals surface area contributed by atoms with Crippen molar-refractivity contribution in [3.8, 4) is 0 Å². The van der Waals surface area contributed by atoms with Gasteiger partial charge in [-0.3, -0.25) is 9.59 Å². The molecule has 154 valence electrons. The molecule has 2 saturated heterocycles. The van der Waals surface area contributed by atoms with E-state index < -0.39 is 0 Å². The molecule has 2 unspecified atom stereocenters. The molecule has 2 aromatic rings. The first-order chi connectivity index (χ1) is 13.9. The Morgan fingerprint density at radius 3 is 2.55 bits per heavy atom. The van der Waals surface area contributed by atoms with Crippen molar-refractivity contribution in [3.63, 3.8) is 0 Å². The maximum Gasteiger partial charge on any atom is 0.273 e. The van der Waals surface area contributed by atoms with Crippen molar-refractivity contribution >= 4 is 40.4 Å². The molecule has 0 aliphatic carbocycles. The Kier molecular flexibility index (Phi) is 5.90. The van der Waals surface area contributed by atoms with Crippen molar-refractivity contribution in [1.29, 1.82) is 0 Å². The van der Waals surface area contributed by atoms with Crippen LogP contribution in [0.1, 0.15) is 27.5 Å². The summed E-state index contributed by atoms with van der Waals surface area (Å²) in [5.41, 5.74) is 2.29. The van der Waals surface area contributed by atoms with Gasteiger partial charge in [-0.1, -0.05) is 17.7 Å². The number of nitrogens with zero attached hydrogens (tertiary/aromatic N) is 3. The first-order valence-corrected chi connectivity index (χ1v) is 11.1. The summed E-state index contributed by atoms with van der Waals surface area (Å²) in [7, 11) is 0. The van der Waals surface area contributed by atoms with Gasteiger partial charge in [0, 0.05) is 55.2 Å². The standard InChI is InChI=1S/C21H25ClN4O2S/c1-13-3-4-17(7-18(13)22)24-20(27)5-6-25-8-15-10-26(11-16(15)9-25)21(28)19-12-29-14(2)23-19/h3-4,7,12,15-16H,5-6,8-11H2,1-2H3,(H,24,27). The molecule has 1 N–H and O–H groups in total. The highest BCUT2D eigenvalue weighted by atomic mass is 35.5. The Balaban J connectivity index is 1.23. The van der Waals surface area contributed by atoms with Crippen molar-refractivity contribution in [2.24, 2.45) is 11.8 Å². The van der Waals surface area contributed by atoms with Crippen LogP contribution in [0.3, 0.4) is 0 Å². The average molecular weight is 433 g/mol. The maximum absolute atomic E-state index is 12.6. The molecule has 0 saturated carbocycles. The van der Waals surface area contributed by atoms with Crippen LogP contribution >= 0.6 is 22.9 Å². The van der Waals surface area contributed by atoms with Gasteiger partial charge in [-0.05, 0) is 43.4 Å². The van der Waals surface area contributed by atoms with Crippen LogP contribution in [-0.4, -0.2) is 59.3 Å². The molecular weight excluding hydrogens is 408 g/mol. The van der Waals surface area contributed by atoms with Gasteiger partial charge in [-0.15, -0.1) is 11.3 Å². The summed E-state index contributed by atoms with van der Waals surface area (Å²) in [5, 5.41) is 6.34. The van der Waals surface area contributed by atoms with Gasteiger partial charge >= 0.3 is 0 Å². The molecule has 0 bridgehead atoms. The van der Waals surface area contributed by atoms with E-state index in [0.29, 0.717) is 29.0 Å². The van der Waals surface area contributed by atoms with E-state index in [2.05, 4.69) is 15.2 Å². The number of rotatable bonds is 5. The Bertz CT molecular complexity index is 917. The van der Waals surface area contributed by atoms with Crippen LogP contribution < -0.4 is 5.32 Å². The van der Waals surface area contributed by atoms with Gasteiger partial charge in [0.15, 0.2) is 0 Å². The van der Waals surface area contributed by atoms with Crippen molar-refractivity contribution in [1.82, 2.24) is 14.8 Å². The molecular formula is C21H25ClN4O2S. The molecule has 0 radical (unpaired) electrons. The average Bonchev–Trinajstić information content (AvgIpc) is 3.37. The van der Waals surface area contributed by atoms with Gasteiger partial charge in [-0.2, -0.15) is 0 Å². The van der Waals surface area contributed by atoms with Crippen LogP contribution in [0.5, 0.6) is 0 Å². The Morgan fingerprint density at radius 2 is 1.93 bits per heavy atom. The molecule has 4 rings (SSSR count). The summed E-state index contributed by atoms with van der Waals surface area (Å²) in [4.78, 5) is 33.5. The van der Waals surface area contributed by atoms with Crippen LogP contribution in [0.15, 0.2) is 23.6 Å². The van der Waals surface area contributed by atoms with E-state index in [4.69, 9.17) is 11.6 Å². The van der Waals surface area contributed by atoms with E-state index >= 15 is 0 Å². The van der Waals surface area contributed by atoms with E-state index in [9.17, 15) is 9.59 Å². The fraction of sp³-hybridized carbons (Fsp3) is 0.476. The van der Waals surface area contributed by atoms with Crippen LogP contribution in [0.4, 0.5) is 5.69 Å². The van der Waals surface area contributed by atoms with Crippen molar-refractivity contribution < 1.29 is 9.59 Å². The molecule has 3 heterocycles. The Hall–Kier alpha value is -1.96. The number of hydrogen-bond acceptors (Lipinski definition) is 5. The molecule has 29 heavy (non-hydrogen) atoms. The number of thiazole rings is 1. The third-order valence-corrected chi connectivity index (χ3v) is 6.98. The minimum absolute atomic E-state index is 0.00214. The summed E-state index contributed by atoms with van der Waals surface area (Å²) in [6.45, 7) is 8.03. The largest absolute Gasteiger partial charge is 0.337 e. The Morgan fingerprint density at radius 1 is 1.21 bits per heavy atom. The summed E-state index contributed by atoms with van der Waals surface area (Å²) >= 11 is 7.63. The van der Waals surface area contributed by atoms with Gasteiger partial charge in [0.25, 0.3) is 5.91 Å². The summed E-state index contributed by atoms with van der Waals surface area (Å²) in [6, 6.07) is 5.55. The number of anilines is 1. The number of carbonyl (C=O) groups excluding carboxylic acids is 2. The van der Waals surface area contributed by atoms with Crippen molar-refractivity contribution in [2.75, 3.05) is 38.0 Å². The third-order valence-electron chi connectivity index (χ3n) is 5.80. The lowest BCUT2D eigenvalue weighted by Crippen LogP contribution is -2.34. The number of aromatic nitrogens is 1. The van der Waals surface area contributed by atoms with Crippen molar-refractivity contribution in [3.05, 3.63) is 44.9 Å². The number of fused-ring (bicyclic) bond motifs is 1. The second-order valence-electron chi connectivity index (χ2n) is 8.00. The SMILES string of the molecule is Cc1nc(C(=O)N2CC3CN(CCC(=O)Nc4ccc(C)c(Cl)c4)CC3C2)cs1. The third kappa shape index (κ3) is 4.63. The highest BCUT2D eigenvalue weighted by molar-refractivity contribution is 7.09. The van der Waals surface area contributed by atoms with E-state index in [1.54, 1.807) is 6.07 Å². The number of nitrogens with one attached hydrogen (secondary N) is 1. The zero-order chi connectivity index (χ0) is 20.5. The van der Waals surface area contributed by atoms with Crippen LogP contribution in [0.25, 0.3) is 0 Å². The molecule has 1 aromatic heterocycles. The van der Waals surface area contributed by atoms with E-state index in [1.807, 2.05) is 36.3 Å². The fourth-order valence-corrected chi connectivity index (χ4v) is 4.98. The summed E-state index contributed by atoms with van der Waals surface area (Å²) in [5.74, 6) is 1.01. The first kappa shape index (κ1) is 20.3. The van der Waals surface area contributed by atoms with E-state index in [-0.39, 0.29) is 11.8 Å². The maximum atomic E-state index is 12.6. The topological polar surface area (TPSA) is 65.5 Å². The lowest BCUT2D eigenvalue weighted by atomic mass is 10.0. The normalized spacial score (nSPS) is 21.4. The molecule has 2 fully saturated rings. The van der Waals surface area contributed by atoms with Gasteiger partial charge in [-0.25, -0.2) is 4.98 Å². The van der Waals surface area contributed by atoms with Gasteiger partial charge < -0.3 is 15.1 Å². The summed E-state index contributed by atoms with van der Waals surface area (Å²) < 4.78 is 0. The minimum atomic E-state index is -0.00214. The monoisotopic (exact) mass is 432 g/mol. The second-order valence-corrected chi connectivity index (χ2v) is 9.47. The molecule has 0 spiro atoms. The number of carbonyl (C=O) groups is 2. The molecule has 8 heteroatoms. The second kappa shape index (κ2) is 8.42. The minimum Gasteiger partial charge on any atom is -0.337 e. The first-order valence-electron chi connectivity index (χ1n) is 9.89. The van der Waals surface area contributed by atoms with Crippen LogP contribution in [0.2, 0.25) is 5.02 Å². The van der Waals surface area contributed by atoms with Crippen molar-refractivity contribution in [2.45, 2.75) is 20.3 Å². The summed E-state index contributed by atoms with van der Waals surface area (Å²) in [6.07, 6.45) is 0.450. The lowest BCUT2D eigenvalue weighted by Gasteiger charge is -2.21. The number of hydrogen-bond donors (Lipinski definition) is 1. The molecule has 2 amide bonds. The Labute approximate surface area is 179 Å². The van der Waals surface area contributed by atoms with Gasteiger partial charge in [0.1, 0.15) is 5.69 Å². The number of likely N-dealkylation sites (tertiary alicyclic amines) is 2. The molecule has 6 nitrogen and oxygen atoms in total. The highest BCUT2D eigenvalue weighted by Crippen LogP contribution is 2.32. The predicted molar refractivity (Wildman–Crippen MR) is 116 cm³/mol. The fourth-order valence-electron chi connectivity index (χ4n) is 4.22.